The predicted molar refractivity (Wildman–Crippen MR) is 59.4 cm³/mol. The maximum absolute atomic E-state index is 12.7. The number of nitrogens with zero attached hydrogens (tertiary/aromatic N) is 1. The molecule has 1 fully saturated rings. The zero-order valence-corrected chi connectivity index (χ0v) is 9.44. The van der Waals surface area contributed by atoms with Gasteiger partial charge in [0.1, 0.15) is 5.82 Å². The summed E-state index contributed by atoms with van der Waals surface area (Å²) in [4.78, 5) is 24.6. The Morgan fingerprint density at radius 3 is 2.65 bits per heavy atom. The summed E-state index contributed by atoms with van der Waals surface area (Å²) in [6, 6.07) is 5.42. The lowest BCUT2D eigenvalue weighted by Gasteiger charge is -2.29. The first-order chi connectivity index (χ1) is 8.08. The summed E-state index contributed by atoms with van der Waals surface area (Å²) in [5.74, 6) is -0.830. The molecule has 90 valence electrons. The minimum Gasteiger partial charge on any atom is -0.298 e. The molecule has 1 atom stereocenters. The fraction of sp³-hybridized carbons (Fsp3) is 0.333. The standard InChI is InChI=1S/C12H13FN2O2/c1-8-12(17)15(11(16)6-14-8)7-9-2-4-10(13)5-3-9/h2-5,8,14H,6-7H2,1H3. The second-order valence-corrected chi connectivity index (χ2v) is 4.05. The Kier molecular flexibility index (Phi) is 3.19. The smallest absolute Gasteiger partial charge is 0.246 e. The van der Waals surface area contributed by atoms with Gasteiger partial charge in [0.2, 0.25) is 11.8 Å². The number of hydrogen-bond donors (Lipinski definition) is 1. The average molecular weight is 236 g/mol. The van der Waals surface area contributed by atoms with E-state index in [1.807, 2.05) is 0 Å². The number of benzene rings is 1. The summed E-state index contributed by atoms with van der Waals surface area (Å²) >= 11 is 0. The Balaban J connectivity index is 2.13. The minimum absolute atomic E-state index is 0.161. The zero-order chi connectivity index (χ0) is 12.4. The summed E-state index contributed by atoms with van der Waals surface area (Å²) in [5, 5.41) is 2.81. The highest BCUT2D eigenvalue weighted by atomic mass is 19.1. The first-order valence-corrected chi connectivity index (χ1v) is 5.40. The van der Waals surface area contributed by atoms with Gasteiger partial charge in [0, 0.05) is 0 Å². The molecule has 1 unspecified atom stereocenters. The van der Waals surface area contributed by atoms with E-state index in [1.54, 1.807) is 19.1 Å². The van der Waals surface area contributed by atoms with Gasteiger partial charge in [-0.2, -0.15) is 0 Å². The monoisotopic (exact) mass is 236 g/mol. The highest BCUT2D eigenvalue weighted by Gasteiger charge is 2.30. The summed E-state index contributed by atoms with van der Waals surface area (Å²) < 4.78 is 12.7. The number of hydrogen-bond acceptors (Lipinski definition) is 3. The van der Waals surface area contributed by atoms with Gasteiger partial charge in [-0.3, -0.25) is 19.8 Å². The molecule has 1 N–H and O–H groups in total. The number of nitrogens with one attached hydrogen (secondary N) is 1. The third-order valence-electron chi connectivity index (χ3n) is 2.75. The summed E-state index contributed by atoms with van der Waals surface area (Å²) in [6.45, 7) is 2.07. The summed E-state index contributed by atoms with van der Waals surface area (Å²) in [6.07, 6.45) is 0. The molecule has 1 aromatic carbocycles. The molecule has 2 amide bonds. The zero-order valence-electron chi connectivity index (χ0n) is 9.44. The predicted octanol–water partition coefficient (Wildman–Crippen LogP) is 0.673. The van der Waals surface area contributed by atoms with Crippen molar-refractivity contribution in [1.29, 1.82) is 0 Å². The van der Waals surface area contributed by atoms with E-state index in [1.165, 1.54) is 17.0 Å². The van der Waals surface area contributed by atoms with E-state index in [9.17, 15) is 14.0 Å². The Bertz CT molecular complexity index is 444. The molecular formula is C12H13FN2O2. The SMILES string of the molecule is CC1NCC(=O)N(Cc2ccc(F)cc2)C1=O. The van der Waals surface area contributed by atoms with Crippen molar-refractivity contribution in [2.45, 2.75) is 19.5 Å². The maximum Gasteiger partial charge on any atom is 0.246 e. The number of carbonyl (C=O) groups is 2. The quantitative estimate of drug-likeness (QED) is 0.768. The van der Waals surface area contributed by atoms with Crippen LogP contribution < -0.4 is 5.32 Å². The topological polar surface area (TPSA) is 49.4 Å². The summed E-state index contributed by atoms with van der Waals surface area (Å²) in [5.41, 5.74) is 0.738. The number of piperazine rings is 1. The van der Waals surface area contributed by atoms with E-state index in [4.69, 9.17) is 0 Å². The fourth-order valence-electron chi connectivity index (χ4n) is 1.72. The Hall–Kier alpha value is -1.75. The molecule has 1 aromatic rings. The average Bonchev–Trinajstić information content (AvgIpc) is 2.32. The fourth-order valence-corrected chi connectivity index (χ4v) is 1.72. The van der Waals surface area contributed by atoms with Crippen molar-refractivity contribution in [3.8, 4) is 0 Å². The third kappa shape index (κ3) is 2.50. The van der Waals surface area contributed by atoms with Crippen LogP contribution in [0.25, 0.3) is 0 Å². The molecule has 0 aromatic heterocycles. The molecule has 17 heavy (non-hydrogen) atoms. The minimum atomic E-state index is -0.354. The van der Waals surface area contributed by atoms with E-state index in [-0.39, 0.29) is 36.8 Å². The number of halogens is 1. The lowest BCUT2D eigenvalue weighted by Crippen LogP contribution is -2.56. The van der Waals surface area contributed by atoms with Gasteiger partial charge in [-0.05, 0) is 24.6 Å². The van der Waals surface area contributed by atoms with Crippen LogP contribution in [0.15, 0.2) is 24.3 Å². The molecule has 0 spiro atoms. The largest absolute Gasteiger partial charge is 0.298 e. The van der Waals surface area contributed by atoms with Gasteiger partial charge < -0.3 is 0 Å². The van der Waals surface area contributed by atoms with Crippen molar-refractivity contribution in [1.82, 2.24) is 10.2 Å². The summed E-state index contributed by atoms with van der Waals surface area (Å²) in [7, 11) is 0. The van der Waals surface area contributed by atoms with Gasteiger partial charge >= 0.3 is 0 Å². The van der Waals surface area contributed by atoms with E-state index in [0.717, 1.165) is 5.56 Å². The van der Waals surface area contributed by atoms with Crippen LogP contribution in [-0.2, 0) is 16.1 Å². The number of rotatable bonds is 2. The van der Waals surface area contributed by atoms with E-state index < -0.39 is 0 Å². The van der Waals surface area contributed by atoms with Crippen molar-refractivity contribution in [2.24, 2.45) is 0 Å². The Morgan fingerprint density at radius 1 is 1.35 bits per heavy atom. The molecule has 2 rings (SSSR count). The lowest BCUT2D eigenvalue weighted by molar-refractivity contribution is -0.149. The molecule has 0 saturated carbocycles. The Morgan fingerprint density at radius 2 is 2.00 bits per heavy atom. The van der Waals surface area contributed by atoms with Gasteiger partial charge in [-0.25, -0.2) is 4.39 Å². The van der Waals surface area contributed by atoms with Crippen molar-refractivity contribution < 1.29 is 14.0 Å². The number of amides is 2. The van der Waals surface area contributed by atoms with Crippen LogP contribution >= 0.6 is 0 Å². The number of imide groups is 1. The van der Waals surface area contributed by atoms with Crippen molar-refractivity contribution >= 4 is 11.8 Å². The van der Waals surface area contributed by atoms with E-state index in [0.29, 0.717) is 0 Å². The normalized spacial score (nSPS) is 20.8. The first-order valence-electron chi connectivity index (χ1n) is 5.40. The lowest BCUT2D eigenvalue weighted by atomic mass is 10.1. The highest BCUT2D eigenvalue weighted by molar-refractivity contribution is 6.00. The van der Waals surface area contributed by atoms with Crippen molar-refractivity contribution in [3.63, 3.8) is 0 Å². The van der Waals surface area contributed by atoms with Crippen LogP contribution in [-0.4, -0.2) is 29.3 Å². The molecule has 0 aliphatic carbocycles. The molecule has 1 saturated heterocycles. The first kappa shape index (κ1) is 11.7. The molecule has 5 heteroatoms. The van der Waals surface area contributed by atoms with Gasteiger partial charge in [0.15, 0.2) is 0 Å². The molecule has 0 bridgehead atoms. The van der Waals surface area contributed by atoms with Crippen LogP contribution in [0.5, 0.6) is 0 Å². The third-order valence-corrected chi connectivity index (χ3v) is 2.75. The van der Waals surface area contributed by atoms with Crippen molar-refractivity contribution in [2.75, 3.05) is 6.54 Å². The molecular weight excluding hydrogens is 223 g/mol. The second kappa shape index (κ2) is 4.63. The van der Waals surface area contributed by atoms with Gasteiger partial charge in [-0.1, -0.05) is 12.1 Å². The Labute approximate surface area is 98.4 Å². The molecule has 1 aliphatic rings. The van der Waals surface area contributed by atoms with Gasteiger partial charge in [0.05, 0.1) is 19.1 Å². The second-order valence-electron chi connectivity index (χ2n) is 4.05. The van der Waals surface area contributed by atoms with Crippen LogP contribution in [0.4, 0.5) is 4.39 Å². The van der Waals surface area contributed by atoms with Gasteiger partial charge in [-0.15, -0.1) is 0 Å². The van der Waals surface area contributed by atoms with Crippen molar-refractivity contribution in [3.05, 3.63) is 35.6 Å². The van der Waals surface area contributed by atoms with Crippen LogP contribution in [0.1, 0.15) is 12.5 Å². The van der Waals surface area contributed by atoms with Gasteiger partial charge in [0.25, 0.3) is 0 Å². The maximum atomic E-state index is 12.7. The van der Waals surface area contributed by atoms with Crippen LogP contribution in [0.3, 0.4) is 0 Å². The molecule has 1 heterocycles. The molecule has 1 aliphatic heterocycles. The van der Waals surface area contributed by atoms with E-state index >= 15 is 0 Å². The number of carbonyl (C=O) groups excluding carboxylic acids is 2. The molecule has 0 radical (unpaired) electrons. The van der Waals surface area contributed by atoms with Crippen LogP contribution in [0, 0.1) is 5.82 Å². The van der Waals surface area contributed by atoms with Crippen LogP contribution in [0.2, 0.25) is 0 Å². The molecule has 4 nitrogen and oxygen atoms in total. The van der Waals surface area contributed by atoms with E-state index in [2.05, 4.69) is 5.32 Å². The highest BCUT2D eigenvalue weighted by Crippen LogP contribution is 2.10.